The van der Waals surface area contributed by atoms with Gasteiger partial charge in [0.25, 0.3) is 0 Å². The summed E-state index contributed by atoms with van der Waals surface area (Å²) in [6.07, 6.45) is 3.34. The van der Waals surface area contributed by atoms with Gasteiger partial charge in [-0.3, -0.25) is 9.48 Å². The van der Waals surface area contributed by atoms with Crippen molar-refractivity contribution in [1.29, 1.82) is 0 Å². The van der Waals surface area contributed by atoms with Gasteiger partial charge in [0.15, 0.2) is 5.78 Å². The van der Waals surface area contributed by atoms with Gasteiger partial charge in [0.05, 0.1) is 0 Å². The topological polar surface area (TPSA) is 34.9 Å². The molecule has 3 nitrogen and oxygen atoms in total. The number of hydrogen-bond donors (Lipinski definition) is 0. The molecular weight excluding hydrogens is 200 g/mol. The van der Waals surface area contributed by atoms with Crippen LogP contribution in [0.1, 0.15) is 51.0 Å². The van der Waals surface area contributed by atoms with Crippen LogP contribution in [0, 0.1) is 11.3 Å². The first kappa shape index (κ1) is 12.9. The standard InChI is InChI=1S/C13H22N2O/c1-10(9-13(2,3)4)8-12(16)11-6-7-14-15(11)5/h6-7,10H,8-9H2,1-5H3. The van der Waals surface area contributed by atoms with Crippen LogP contribution in [0.2, 0.25) is 0 Å². The number of Topliss-reactive ketones (excluding diaryl/α,β-unsaturated/α-hetero) is 1. The number of carbonyl (C=O) groups excluding carboxylic acids is 1. The lowest BCUT2D eigenvalue weighted by Gasteiger charge is -2.22. The van der Waals surface area contributed by atoms with E-state index in [1.54, 1.807) is 16.9 Å². The van der Waals surface area contributed by atoms with Gasteiger partial charge >= 0.3 is 0 Å². The van der Waals surface area contributed by atoms with Gasteiger partial charge in [-0.2, -0.15) is 5.10 Å². The Hall–Kier alpha value is -1.12. The van der Waals surface area contributed by atoms with Crippen molar-refractivity contribution in [2.75, 3.05) is 0 Å². The average Bonchev–Trinajstić information content (AvgIpc) is 2.47. The minimum absolute atomic E-state index is 0.191. The van der Waals surface area contributed by atoms with E-state index < -0.39 is 0 Å². The van der Waals surface area contributed by atoms with Gasteiger partial charge in [-0.05, 0) is 23.8 Å². The first-order valence-electron chi connectivity index (χ1n) is 5.81. The highest BCUT2D eigenvalue weighted by Crippen LogP contribution is 2.26. The van der Waals surface area contributed by atoms with Gasteiger partial charge < -0.3 is 0 Å². The molecule has 0 aliphatic heterocycles. The number of aromatic nitrogens is 2. The predicted octanol–water partition coefficient (Wildman–Crippen LogP) is 3.07. The Kier molecular flexibility index (Phi) is 3.89. The summed E-state index contributed by atoms with van der Waals surface area (Å²) >= 11 is 0. The van der Waals surface area contributed by atoms with Crippen molar-refractivity contribution in [3.8, 4) is 0 Å². The van der Waals surface area contributed by atoms with Gasteiger partial charge in [-0.25, -0.2) is 0 Å². The maximum atomic E-state index is 12.0. The maximum absolute atomic E-state index is 12.0. The zero-order chi connectivity index (χ0) is 12.3. The Bertz CT molecular complexity index is 360. The van der Waals surface area contributed by atoms with Crippen LogP contribution < -0.4 is 0 Å². The van der Waals surface area contributed by atoms with E-state index in [4.69, 9.17) is 0 Å². The summed E-state index contributed by atoms with van der Waals surface area (Å²) in [6.45, 7) is 8.76. The molecule has 16 heavy (non-hydrogen) atoms. The highest BCUT2D eigenvalue weighted by molar-refractivity contribution is 5.94. The molecule has 0 fully saturated rings. The van der Waals surface area contributed by atoms with Crippen LogP contribution in [0.5, 0.6) is 0 Å². The Morgan fingerprint density at radius 1 is 1.50 bits per heavy atom. The molecule has 1 atom stereocenters. The number of aryl methyl sites for hydroxylation is 1. The Balaban J connectivity index is 2.56. The van der Waals surface area contributed by atoms with Crippen LogP contribution in [0.15, 0.2) is 12.3 Å². The number of ketones is 1. The number of hydrogen-bond acceptors (Lipinski definition) is 2. The molecular formula is C13H22N2O. The van der Waals surface area contributed by atoms with Crippen LogP contribution >= 0.6 is 0 Å². The third kappa shape index (κ3) is 3.80. The molecule has 1 heterocycles. The summed E-state index contributed by atoms with van der Waals surface area (Å²) in [7, 11) is 1.81. The van der Waals surface area contributed by atoms with Gasteiger partial charge in [-0.1, -0.05) is 27.7 Å². The molecule has 0 aliphatic carbocycles. The molecule has 0 bridgehead atoms. The fraction of sp³-hybridized carbons (Fsp3) is 0.692. The van der Waals surface area contributed by atoms with Crippen LogP contribution in [0.25, 0.3) is 0 Å². The van der Waals surface area contributed by atoms with Crippen molar-refractivity contribution in [1.82, 2.24) is 9.78 Å². The van der Waals surface area contributed by atoms with Crippen LogP contribution in [-0.2, 0) is 7.05 Å². The third-order valence-corrected chi connectivity index (χ3v) is 2.60. The van der Waals surface area contributed by atoms with E-state index >= 15 is 0 Å². The monoisotopic (exact) mass is 222 g/mol. The molecule has 0 amide bonds. The Morgan fingerprint density at radius 2 is 2.12 bits per heavy atom. The quantitative estimate of drug-likeness (QED) is 0.734. The van der Waals surface area contributed by atoms with E-state index in [-0.39, 0.29) is 11.2 Å². The second-order valence-corrected chi connectivity index (χ2v) is 5.84. The average molecular weight is 222 g/mol. The van der Waals surface area contributed by atoms with Crippen LogP contribution in [0.3, 0.4) is 0 Å². The van der Waals surface area contributed by atoms with Crippen molar-refractivity contribution in [3.05, 3.63) is 18.0 Å². The molecule has 90 valence electrons. The first-order chi connectivity index (χ1) is 7.29. The molecule has 0 radical (unpaired) electrons. The smallest absolute Gasteiger partial charge is 0.181 e. The molecule has 1 unspecified atom stereocenters. The van der Waals surface area contributed by atoms with E-state index in [1.165, 1.54) is 0 Å². The summed E-state index contributed by atoms with van der Waals surface area (Å²) in [5.41, 5.74) is 0.993. The molecule has 0 spiro atoms. The largest absolute Gasteiger partial charge is 0.292 e. The normalized spacial score (nSPS) is 13.8. The summed E-state index contributed by atoms with van der Waals surface area (Å²) in [5, 5.41) is 4.02. The molecule has 0 aromatic carbocycles. The SMILES string of the molecule is CC(CC(=O)c1ccnn1C)CC(C)(C)C. The molecule has 1 rings (SSSR count). The second-order valence-electron chi connectivity index (χ2n) is 5.84. The van der Waals surface area contributed by atoms with Gasteiger partial charge in [-0.15, -0.1) is 0 Å². The minimum Gasteiger partial charge on any atom is -0.292 e. The summed E-state index contributed by atoms with van der Waals surface area (Å²) in [4.78, 5) is 12.0. The van der Waals surface area contributed by atoms with E-state index in [0.717, 1.165) is 6.42 Å². The van der Waals surface area contributed by atoms with E-state index in [9.17, 15) is 4.79 Å². The van der Waals surface area contributed by atoms with Crippen LogP contribution in [0.4, 0.5) is 0 Å². The number of nitrogens with zero attached hydrogens (tertiary/aromatic N) is 2. The predicted molar refractivity (Wildman–Crippen MR) is 65.4 cm³/mol. The lowest BCUT2D eigenvalue weighted by atomic mass is 9.83. The fourth-order valence-electron chi connectivity index (χ4n) is 2.19. The van der Waals surface area contributed by atoms with Gasteiger partial charge in [0, 0.05) is 19.7 Å². The summed E-state index contributed by atoms with van der Waals surface area (Å²) < 4.78 is 1.64. The molecule has 0 saturated carbocycles. The highest BCUT2D eigenvalue weighted by atomic mass is 16.1. The van der Waals surface area contributed by atoms with E-state index in [0.29, 0.717) is 18.0 Å². The first-order valence-corrected chi connectivity index (χ1v) is 5.81. The Labute approximate surface area is 97.8 Å². The zero-order valence-corrected chi connectivity index (χ0v) is 10.9. The molecule has 3 heteroatoms. The van der Waals surface area contributed by atoms with Crippen molar-refractivity contribution in [2.45, 2.75) is 40.5 Å². The van der Waals surface area contributed by atoms with Crippen LogP contribution in [-0.4, -0.2) is 15.6 Å². The fourth-order valence-corrected chi connectivity index (χ4v) is 2.19. The number of carbonyl (C=O) groups is 1. The lowest BCUT2D eigenvalue weighted by Crippen LogP contribution is -2.16. The molecule has 0 aliphatic rings. The Morgan fingerprint density at radius 3 is 2.56 bits per heavy atom. The molecule has 0 saturated heterocycles. The van der Waals surface area contributed by atoms with Crippen molar-refractivity contribution < 1.29 is 4.79 Å². The van der Waals surface area contributed by atoms with E-state index in [1.807, 2.05) is 7.05 Å². The van der Waals surface area contributed by atoms with Crippen molar-refractivity contribution in [2.24, 2.45) is 18.4 Å². The summed E-state index contributed by atoms with van der Waals surface area (Å²) in [6, 6.07) is 1.78. The second kappa shape index (κ2) is 4.81. The number of rotatable bonds is 4. The highest BCUT2D eigenvalue weighted by Gasteiger charge is 2.19. The molecule has 0 N–H and O–H groups in total. The third-order valence-electron chi connectivity index (χ3n) is 2.60. The molecule has 1 aromatic heterocycles. The van der Waals surface area contributed by atoms with Crippen molar-refractivity contribution in [3.63, 3.8) is 0 Å². The zero-order valence-electron chi connectivity index (χ0n) is 10.9. The summed E-state index contributed by atoms with van der Waals surface area (Å²) in [5.74, 6) is 0.610. The van der Waals surface area contributed by atoms with Gasteiger partial charge in [0.2, 0.25) is 0 Å². The maximum Gasteiger partial charge on any atom is 0.181 e. The minimum atomic E-state index is 0.191. The van der Waals surface area contributed by atoms with Gasteiger partial charge in [0.1, 0.15) is 5.69 Å². The van der Waals surface area contributed by atoms with E-state index in [2.05, 4.69) is 32.8 Å². The van der Waals surface area contributed by atoms with Crippen molar-refractivity contribution >= 4 is 5.78 Å². The lowest BCUT2D eigenvalue weighted by molar-refractivity contribution is 0.0945. The molecule has 1 aromatic rings.